The van der Waals surface area contributed by atoms with Gasteiger partial charge in [0.05, 0.1) is 5.75 Å². The highest BCUT2D eigenvalue weighted by molar-refractivity contribution is 7.99. The Morgan fingerprint density at radius 1 is 1.27 bits per heavy atom. The van der Waals surface area contributed by atoms with Crippen LogP contribution in [0.4, 0.5) is 5.69 Å². The molecule has 0 fully saturated rings. The van der Waals surface area contributed by atoms with Crippen molar-refractivity contribution in [2.24, 2.45) is 0 Å². The molecule has 0 bridgehead atoms. The summed E-state index contributed by atoms with van der Waals surface area (Å²) in [5, 5.41) is 13.7. The molecule has 0 spiro atoms. The van der Waals surface area contributed by atoms with Gasteiger partial charge in [-0.25, -0.2) is 0 Å². The fourth-order valence-electron chi connectivity index (χ4n) is 3.05. The highest BCUT2D eigenvalue weighted by Crippen LogP contribution is 2.29. The smallest absolute Gasteiger partial charge is 0.234 e. The van der Waals surface area contributed by atoms with Crippen molar-refractivity contribution in [1.29, 1.82) is 0 Å². The van der Waals surface area contributed by atoms with E-state index in [4.69, 9.17) is 16.0 Å². The number of thioether (sulfide) groups is 1. The molecule has 0 aliphatic carbocycles. The number of aromatic nitrogens is 3. The predicted molar refractivity (Wildman–Crippen MR) is 121 cm³/mol. The summed E-state index contributed by atoms with van der Waals surface area (Å²) in [6, 6.07) is 15.1. The molecule has 8 heteroatoms. The van der Waals surface area contributed by atoms with Gasteiger partial charge in [0.25, 0.3) is 0 Å². The lowest BCUT2D eigenvalue weighted by Crippen LogP contribution is -2.15. The first-order chi connectivity index (χ1) is 14.5. The first-order valence-corrected chi connectivity index (χ1v) is 10.6. The van der Waals surface area contributed by atoms with Crippen LogP contribution < -0.4 is 5.32 Å². The van der Waals surface area contributed by atoms with Crippen molar-refractivity contribution in [2.75, 3.05) is 11.1 Å². The Bertz CT molecular complexity index is 1200. The molecule has 4 aromatic rings. The molecule has 2 heterocycles. The molecule has 6 nitrogen and oxygen atoms in total. The lowest BCUT2D eigenvalue weighted by molar-refractivity contribution is -0.113. The van der Waals surface area contributed by atoms with Crippen LogP contribution in [0.1, 0.15) is 5.56 Å². The second-order valence-corrected chi connectivity index (χ2v) is 8.03. The van der Waals surface area contributed by atoms with Crippen LogP contribution in [-0.2, 0) is 11.3 Å². The minimum Gasteiger partial charge on any atom is -0.453 e. The van der Waals surface area contributed by atoms with Crippen molar-refractivity contribution in [3.05, 3.63) is 71.8 Å². The fraction of sp³-hybridized carbons (Fsp3) is 0.136. The molecule has 0 saturated carbocycles. The van der Waals surface area contributed by atoms with Crippen LogP contribution in [0.3, 0.4) is 0 Å². The zero-order valence-corrected chi connectivity index (χ0v) is 17.8. The number of rotatable bonds is 7. The maximum absolute atomic E-state index is 12.4. The highest BCUT2D eigenvalue weighted by atomic mass is 35.5. The van der Waals surface area contributed by atoms with Gasteiger partial charge in [-0.2, -0.15) is 0 Å². The Labute approximate surface area is 182 Å². The van der Waals surface area contributed by atoms with Crippen molar-refractivity contribution in [3.8, 4) is 11.6 Å². The standard InChI is InChI=1S/C22H19ClN4O2S/c1-3-10-27-21(19-12-15-6-4-5-7-18(15)29-19)25-26-22(27)30-13-20(28)24-17-9-8-16(23)11-14(17)2/h3-9,11-12H,1,10,13H2,2H3,(H,24,28). The van der Waals surface area contributed by atoms with E-state index in [0.717, 1.165) is 22.2 Å². The van der Waals surface area contributed by atoms with Gasteiger partial charge in [0, 0.05) is 22.6 Å². The maximum atomic E-state index is 12.4. The number of nitrogens with one attached hydrogen (secondary N) is 1. The van der Waals surface area contributed by atoms with Crippen molar-refractivity contribution < 1.29 is 9.21 Å². The molecule has 0 radical (unpaired) electrons. The number of hydrogen-bond acceptors (Lipinski definition) is 5. The Morgan fingerprint density at radius 2 is 2.10 bits per heavy atom. The molecule has 0 unspecified atom stereocenters. The Hall–Kier alpha value is -3.03. The molecule has 1 amide bonds. The Kier molecular flexibility index (Phi) is 5.92. The number of aryl methyl sites for hydroxylation is 1. The normalized spacial score (nSPS) is 11.0. The molecule has 2 aromatic heterocycles. The predicted octanol–water partition coefficient (Wildman–Crippen LogP) is 5.57. The number of nitrogens with zero attached hydrogens (tertiary/aromatic N) is 3. The maximum Gasteiger partial charge on any atom is 0.234 e. The number of carbonyl (C=O) groups is 1. The van der Waals surface area contributed by atoms with E-state index >= 15 is 0 Å². The van der Waals surface area contributed by atoms with Crippen LogP contribution >= 0.6 is 23.4 Å². The van der Waals surface area contributed by atoms with Gasteiger partial charge < -0.3 is 9.73 Å². The minimum atomic E-state index is -0.135. The third kappa shape index (κ3) is 4.27. The van der Waals surface area contributed by atoms with E-state index in [1.54, 1.807) is 18.2 Å². The molecular weight excluding hydrogens is 420 g/mol. The van der Waals surface area contributed by atoms with Crippen LogP contribution in [0.15, 0.2) is 70.8 Å². The van der Waals surface area contributed by atoms with Crippen molar-refractivity contribution in [3.63, 3.8) is 0 Å². The molecule has 0 saturated heterocycles. The van der Waals surface area contributed by atoms with E-state index in [9.17, 15) is 4.79 Å². The fourth-order valence-corrected chi connectivity index (χ4v) is 4.02. The van der Waals surface area contributed by atoms with Crippen molar-refractivity contribution >= 4 is 45.9 Å². The van der Waals surface area contributed by atoms with Gasteiger partial charge in [-0.05, 0) is 42.8 Å². The third-order valence-corrected chi connectivity index (χ3v) is 5.67. The zero-order valence-electron chi connectivity index (χ0n) is 16.3. The molecule has 0 aliphatic rings. The number of para-hydroxylation sites is 1. The number of allylic oxidation sites excluding steroid dienone is 1. The van der Waals surface area contributed by atoms with E-state index in [0.29, 0.717) is 28.3 Å². The van der Waals surface area contributed by atoms with Gasteiger partial charge in [-0.1, -0.05) is 47.6 Å². The topological polar surface area (TPSA) is 73.0 Å². The average molecular weight is 439 g/mol. The molecule has 4 rings (SSSR count). The number of carbonyl (C=O) groups excluding carboxylic acids is 1. The van der Waals surface area contributed by atoms with Gasteiger partial charge in [-0.3, -0.25) is 9.36 Å². The summed E-state index contributed by atoms with van der Waals surface area (Å²) in [7, 11) is 0. The number of anilines is 1. The molecule has 1 N–H and O–H groups in total. The highest BCUT2D eigenvalue weighted by Gasteiger charge is 2.18. The Balaban J connectivity index is 1.51. The van der Waals surface area contributed by atoms with E-state index in [1.807, 2.05) is 47.9 Å². The van der Waals surface area contributed by atoms with Crippen molar-refractivity contribution in [2.45, 2.75) is 18.6 Å². The second kappa shape index (κ2) is 8.77. The summed E-state index contributed by atoms with van der Waals surface area (Å²) in [6.45, 7) is 6.21. The summed E-state index contributed by atoms with van der Waals surface area (Å²) in [5.41, 5.74) is 2.43. The monoisotopic (exact) mass is 438 g/mol. The number of halogens is 1. The van der Waals surface area contributed by atoms with Crippen LogP contribution in [0.25, 0.3) is 22.6 Å². The summed E-state index contributed by atoms with van der Waals surface area (Å²) in [6.07, 6.45) is 1.76. The average Bonchev–Trinajstić information content (AvgIpc) is 3.32. The number of benzene rings is 2. The number of amides is 1. The van der Waals surface area contributed by atoms with Gasteiger partial charge in [-0.15, -0.1) is 16.8 Å². The van der Waals surface area contributed by atoms with E-state index < -0.39 is 0 Å². The summed E-state index contributed by atoms with van der Waals surface area (Å²) in [4.78, 5) is 12.4. The lowest BCUT2D eigenvalue weighted by atomic mass is 10.2. The largest absolute Gasteiger partial charge is 0.453 e. The summed E-state index contributed by atoms with van der Waals surface area (Å²) in [5.74, 6) is 1.28. The van der Waals surface area contributed by atoms with Gasteiger partial charge in [0.15, 0.2) is 10.9 Å². The van der Waals surface area contributed by atoms with Gasteiger partial charge in [0.2, 0.25) is 11.7 Å². The molecule has 0 atom stereocenters. The van der Waals surface area contributed by atoms with Crippen LogP contribution in [0.5, 0.6) is 0 Å². The van der Waals surface area contributed by atoms with Gasteiger partial charge >= 0.3 is 0 Å². The second-order valence-electron chi connectivity index (χ2n) is 6.65. The molecular formula is C22H19ClN4O2S. The Morgan fingerprint density at radius 3 is 2.87 bits per heavy atom. The number of hydrogen-bond donors (Lipinski definition) is 1. The van der Waals surface area contributed by atoms with Crippen LogP contribution in [0, 0.1) is 6.92 Å². The summed E-state index contributed by atoms with van der Waals surface area (Å²) < 4.78 is 7.81. The number of furan rings is 1. The number of fused-ring (bicyclic) bond motifs is 1. The summed E-state index contributed by atoms with van der Waals surface area (Å²) >= 11 is 7.28. The molecule has 152 valence electrons. The molecule has 30 heavy (non-hydrogen) atoms. The first kappa shape index (κ1) is 20.3. The van der Waals surface area contributed by atoms with Crippen LogP contribution in [-0.4, -0.2) is 26.4 Å². The zero-order chi connectivity index (χ0) is 21.1. The quantitative estimate of drug-likeness (QED) is 0.301. The lowest BCUT2D eigenvalue weighted by Gasteiger charge is -2.09. The molecule has 0 aliphatic heterocycles. The van der Waals surface area contributed by atoms with E-state index in [1.165, 1.54) is 11.8 Å². The van der Waals surface area contributed by atoms with Crippen molar-refractivity contribution in [1.82, 2.24) is 14.8 Å². The van der Waals surface area contributed by atoms with Crippen LogP contribution in [0.2, 0.25) is 5.02 Å². The first-order valence-electron chi connectivity index (χ1n) is 9.27. The SMILES string of the molecule is C=CCn1c(SCC(=O)Nc2ccc(Cl)cc2C)nnc1-c1cc2ccccc2o1. The molecule has 2 aromatic carbocycles. The van der Waals surface area contributed by atoms with E-state index in [-0.39, 0.29) is 11.7 Å². The minimum absolute atomic E-state index is 0.135. The third-order valence-electron chi connectivity index (χ3n) is 4.47. The van der Waals surface area contributed by atoms with Gasteiger partial charge in [0.1, 0.15) is 5.58 Å². The van der Waals surface area contributed by atoms with E-state index in [2.05, 4.69) is 22.1 Å².